The van der Waals surface area contributed by atoms with Gasteiger partial charge in [-0.3, -0.25) is 9.80 Å². The third-order valence-electron chi connectivity index (χ3n) is 5.03. The van der Waals surface area contributed by atoms with Crippen LogP contribution in [0.25, 0.3) is 0 Å². The number of amides is 2. The zero-order valence-corrected chi connectivity index (χ0v) is 16.9. The molecular formula is C21H33N3O2. The van der Waals surface area contributed by atoms with Crippen LogP contribution in [0.5, 0.6) is 0 Å². The highest BCUT2D eigenvalue weighted by molar-refractivity contribution is 5.95. The number of carbonyl (C=O) groups is 1. The molecule has 26 heavy (non-hydrogen) atoms. The van der Waals surface area contributed by atoms with E-state index in [9.17, 15) is 4.79 Å². The van der Waals surface area contributed by atoms with E-state index >= 15 is 0 Å². The van der Waals surface area contributed by atoms with Crippen molar-refractivity contribution in [2.45, 2.75) is 46.0 Å². The zero-order chi connectivity index (χ0) is 19.2. The fourth-order valence-corrected chi connectivity index (χ4v) is 3.80. The van der Waals surface area contributed by atoms with Gasteiger partial charge in [0.25, 0.3) is 0 Å². The molecule has 1 fully saturated rings. The summed E-state index contributed by atoms with van der Waals surface area (Å²) in [4.78, 5) is 18.7. The maximum atomic E-state index is 12.9. The largest absolute Gasteiger partial charge is 0.381 e. The first-order valence-corrected chi connectivity index (χ1v) is 9.84. The van der Waals surface area contributed by atoms with Gasteiger partial charge in [0.2, 0.25) is 0 Å². The van der Waals surface area contributed by atoms with Crippen LogP contribution in [0.2, 0.25) is 0 Å². The van der Waals surface area contributed by atoms with Gasteiger partial charge in [0.05, 0.1) is 6.67 Å². The Morgan fingerprint density at radius 2 is 1.69 bits per heavy atom. The van der Waals surface area contributed by atoms with E-state index in [2.05, 4.69) is 18.2 Å². The van der Waals surface area contributed by atoms with Gasteiger partial charge in [0.15, 0.2) is 0 Å². The molecule has 1 spiro atoms. The number of hydrogen-bond acceptors (Lipinski definition) is 3. The highest BCUT2D eigenvalue weighted by Gasteiger charge is 2.46. The Balaban J connectivity index is 0.000000570. The van der Waals surface area contributed by atoms with E-state index in [4.69, 9.17) is 4.74 Å². The number of nitrogens with zero attached hydrogens (tertiary/aromatic N) is 3. The van der Waals surface area contributed by atoms with Crippen LogP contribution in [0.1, 0.15) is 46.1 Å². The molecular weight excluding hydrogens is 326 g/mol. The summed E-state index contributed by atoms with van der Waals surface area (Å²) in [5.41, 5.74) is 2.44. The third kappa shape index (κ3) is 3.73. The molecule has 5 nitrogen and oxygen atoms in total. The molecule has 144 valence electrons. The summed E-state index contributed by atoms with van der Waals surface area (Å²) in [5.74, 6) is 0. The zero-order valence-electron chi connectivity index (χ0n) is 16.9. The lowest BCUT2D eigenvalue weighted by atomic mass is 9.76. The number of urea groups is 1. The van der Waals surface area contributed by atoms with Crippen molar-refractivity contribution in [2.24, 2.45) is 0 Å². The van der Waals surface area contributed by atoms with E-state index < -0.39 is 0 Å². The van der Waals surface area contributed by atoms with Gasteiger partial charge < -0.3 is 9.64 Å². The van der Waals surface area contributed by atoms with E-state index in [1.54, 1.807) is 4.90 Å². The minimum atomic E-state index is 0.0661. The molecule has 0 unspecified atom stereocenters. The van der Waals surface area contributed by atoms with Gasteiger partial charge in [-0.05, 0) is 24.5 Å². The van der Waals surface area contributed by atoms with Crippen molar-refractivity contribution in [3.8, 4) is 0 Å². The van der Waals surface area contributed by atoms with E-state index in [1.165, 1.54) is 5.56 Å². The molecule has 0 saturated carbocycles. The molecule has 5 heteroatoms. The molecule has 1 aromatic rings. The second-order valence-electron chi connectivity index (χ2n) is 6.44. The third-order valence-corrected chi connectivity index (χ3v) is 5.03. The van der Waals surface area contributed by atoms with Gasteiger partial charge >= 0.3 is 6.03 Å². The molecule has 0 aliphatic carbocycles. The maximum Gasteiger partial charge on any atom is 0.330 e. The lowest BCUT2D eigenvalue weighted by Gasteiger charge is -2.34. The number of benzene rings is 1. The summed E-state index contributed by atoms with van der Waals surface area (Å²) in [6.45, 7) is 10.9. The molecule has 2 amide bonds. The summed E-state index contributed by atoms with van der Waals surface area (Å²) in [7, 11) is 1.97. The second-order valence-corrected chi connectivity index (χ2v) is 6.44. The number of para-hydroxylation sites is 1. The smallest absolute Gasteiger partial charge is 0.330 e. The molecule has 1 saturated heterocycles. The van der Waals surface area contributed by atoms with Crippen LogP contribution in [0.3, 0.4) is 0 Å². The van der Waals surface area contributed by atoms with Crippen molar-refractivity contribution in [3.63, 3.8) is 0 Å². The van der Waals surface area contributed by atoms with Crippen molar-refractivity contribution >= 4 is 11.7 Å². The van der Waals surface area contributed by atoms with Crippen LogP contribution in [0.4, 0.5) is 10.5 Å². The van der Waals surface area contributed by atoms with E-state index in [1.807, 2.05) is 63.0 Å². The molecule has 4 rings (SSSR count). The SMILES string of the molecule is CC.CC.CN1C=CN(C(=O)N2CC3(CCOCC3)c3ccccc32)C1. The number of anilines is 1. The van der Waals surface area contributed by atoms with Crippen LogP contribution in [0.15, 0.2) is 36.7 Å². The normalized spacial score (nSPS) is 19.5. The predicted molar refractivity (Wildman–Crippen MR) is 107 cm³/mol. The van der Waals surface area contributed by atoms with Crippen molar-refractivity contribution in [1.29, 1.82) is 0 Å². The van der Waals surface area contributed by atoms with Crippen molar-refractivity contribution in [1.82, 2.24) is 9.80 Å². The molecule has 0 atom stereocenters. The molecule has 1 aromatic carbocycles. The molecule has 3 aliphatic rings. The Hall–Kier alpha value is -2.01. The van der Waals surface area contributed by atoms with Crippen molar-refractivity contribution in [3.05, 3.63) is 42.2 Å². The molecule has 0 radical (unpaired) electrons. The Kier molecular flexibility index (Phi) is 7.09. The number of fused-ring (bicyclic) bond motifs is 2. The highest BCUT2D eigenvalue weighted by Crippen LogP contribution is 2.46. The lowest BCUT2D eigenvalue weighted by Crippen LogP contribution is -2.45. The van der Waals surface area contributed by atoms with E-state index in [0.717, 1.165) is 38.3 Å². The Labute approximate surface area is 158 Å². The fraction of sp³-hybridized carbons (Fsp3) is 0.571. The average molecular weight is 360 g/mol. The fourth-order valence-electron chi connectivity index (χ4n) is 3.80. The number of rotatable bonds is 0. The quantitative estimate of drug-likeness (QED) is 0.689. The van der Waals surface area contributed by atoms with Gasteiger partial charge in [-0.15, -0.1) is 0 Å². The summed E-state index contributed by atoms with van der Waals surface area (Å²) in [6.07, 6.45) is 5.77. The predicted octanol–water partition coefficient (Wildman–Crippen LogP) is 4.40. The first-order chi connectivity index (χ1) is 12.7. The first kappa shape index (κ1) is 20.3. The Bertz CT molecular complexity index is 623. The minimum Gasteiger partial charge on any atom is -0.381 e. The van der Waals surface area contributed by atoms with Crippen molar-refractivity contribution in [2.75, 3.05) is 38.4 Å². The molecule has 0 aromatic heterocycles. The van der Waals surface area contributed by atoms with Gasteiger partial charge in [-0.25, -0.2) is 4.79 Å². The minimum absolute atomic E-state index is 0.0661. The molecule has 3 aliphatic heterocycles. The molecule has 0 N–H and O–H groups in total. The molecule has 0 bridgehead atoms. The van der Waals surface area contributed by atoms with Crippen LogP contribution in [-0.2, 0) is 10.2 Å². The topological polar surface area (TPSA) is 36.0 Å². The van der Waals surface area contributed by atoms with E-state index in [0.29, 0.717) is 6.67 Å². The summed E-state index contributed by atoms with van der Waals surface area (Å²) in [6, 6.07) is 8.41. The van der Waals surface area contributed by atoms with E-state index in [-0.39, 0.29) is 11.4 Å². The number of ether oxygens (including phenoxy) is 1. The molecule has 3 heterocycles. The van der Waals surface area contributed by atoms with Crippen molar-refractivity contribution < 1.29 is 9.53 Å². The van der Waals surface area contributed by atoms with Crippen LogP contribution in [-0.4, -0.2) is 49.3 Å². The highest BCUT2D eigenvalue weighted by atomic mass is 16.5. The van der Waals surface area contributed by atoms with Gasteiger partial charge in [0, 0.05) is 50.3 Å². The van der Waals surface area contributed by atoms with Crippen LogP contribution >= 0.6 is 0 Å². The summed E-state index contributed by atoms with van der Waals surface area (Å²) >= 11 is 0. The van der Waals surface area contributed by atoms with Gasteiger partial charge in [0.1, 0.15) is 0 Å². The number of carbonyl (C=O) groups excluding carboxylic acids is 1. The first-order valence-electron chi connectivity index (χ1n) is 9.84. The van der Waals surface area contributed by atoms with Gasteiger partial charge in [-0.1, -0.05) is 45.9 Å². The second kappa shape index (κ2) is 9.08. The summed E-state index contributed by atoms with van der Waals surface area (Å²) < 4.78 is 5.55. The maximum absolute atomic E-state index is 12.9. The summed E-state index contributed by atoms with van der Waals surface area (Å²) in [5, 5.41) is 0. The van der Waals surface area contributed by atoms with Crippen LogP contribution < -0.4 is 4.90 Å². The van der Waals surface area contributed by atoms with Crippen LogP contribution in [0, 0.1) is 0 Å². The average Bonchev–Trinajstić information content (AvgIpc) is 3.28. The monoisotopic (exact) mass is 359 g/mol. The number of hydrogen-bond donors (Lipinski definition) is 0. The van der Waals surface area contributed by atoms with Gasteiger partial charge in [-0.2, -0.15) is 0 Å². The standard InChI is InChI=1S/C17H21N3O2.2C2H6/c1-18-8-9-19(13-18)16(21)20-12-17(6-10-22-11-7-17)14-4-2-3-5-15(14)20;2*1-2/h2-5,8-9H,6-7,10-13H2,1H3;2*1-2H3. The Morgan fingerprint density at radius 1 is 1.04 bits per heavy atom. The lowest BCUT2D eigenvalue weighted by molar-refractivity contribution is 0.0554. The Morgan fingerprint density at radius 3 is 2.31 bits per heavy atom.